The van der Waals surface area contributed by atoms with E-state index in [0.29, 0.717) is 18.3 Å². The Labute approximate surface area is 192 Å². The van der Waals surface area contributed by atoms with Crippen molar-refractivity contribution in [2.45, 2.75) is 38.3 Å². The molecule has 2 aromatic heterocycles. The van der Waals surface area contributed by atoms with Crippen LogP contribution in [0.2, 0.25) is 0 Å². The molecule has 0 atom stereocenters. The highest BCUT2D eigenvalue weighted by atomic mass is 16.3. The zero-order chi connectivity index (χ0) is 22.2. The van der Waals surface area contributed by atoms with E-state index in [-0.39, 0.29) is 5.91 Å². The van der Waals surface area contributed by atoms with E-state index in [1.807, 2.05) is 4.90 Å². The lowest BCUT2D eigenvalue weighted by Crippen LogP contribution is -2.32. The number of anilines is 1. The minimum absolute atomic E-state index is 0.0361. The number of hydrogen-bond acceptors (Lipinski definition) is 5. The number of nitrogens with zero attached hydrogens (tertiary/aromatic N) is 4. The van der Waals surface area contributed by atoms with Gasteiger partial charge in [0.2, 0.25) is 0 Å². The zero-order valence-electron chi connectivity index (χ0n) is 18.5. The molecule has 2 aromatic carbocycles. The Morgan fingerprint density at radius 3 is 2.64 bits per heavy atom. The number of furan rings is 1. The standard InChI is InChI=1S/C27H26N4O2/c32-27(25-7-4-14-33-25)31(22-9-10-22)17-19-5-3-6-20(15-19)21-8-11-24-23(16-21)26(29-18-28-24)30-12-1-2-13-30/h3-8,11,14-16,18,22H,1-2,9-10,12-13,17H2. The van der Waals surface area contributed by atoms with Crippen LogP contribution in [-0.2, 0) is 6.54 Å². The van der Waals surface area contributed by atoms with Crippen molar-refractivity contribution in [3.05, 3.63) is 78.5 Å². The first-order valence-electron chi connectivity index (χ1n) is 11.7. The first-order chi connectivity index (χ1) is 16.3. The lowest BCUT2D eigenvalue weighted by molar-refractivity contribution is 0.0697. The average Bonchev–Trinajstić information content (AvgIpc) is 3.30. The van der Waals surface area contributed by atoms with Crippen LogP contribution in [0.15, 0.2) is 71.6 Å². The fourth-order valence-corrected chi connectivity index (χ4v) is 4.74. The minimum Gasteiger partial charge on any atom is -0.459 e. The molecule has 0 bridgehead atoms. The second-order valence-corrected chi connectivity index (χ2v) is 8.97. The Morgan fingerprint density at radius 1 is 1.00 bits per heavy atom. The van der Waals surface area contributed by atoms with E-state index in [0.717, 1.165) is 59.3 Å². The van der Waals surface area contributed by atoms with Gasteiger partial charge in [-0.05, 0) is 72.7 Å². The van der Waals surface area contributed by atoms with Crippen LogP contribution >= 0.6 is 0 Å². The lowest BCUT2D eigenvalue weighted by atomic mass is 10.0. The van der Waals surface area contributed by atoms with E-state index in [1.54, 1.807) is 24.7 Å². The summed E-state index contributed by atoms with van der Waals surface area (Å²) in [7, 11) is 0. The average molecular weight is 439 g/mol. The third kappa shape index (κ3) is 3.97. The molecule has 1 aliphatic heterocycles. The van der Waals surface area contributed by atoms with Gasteiger partial charge in [0.1, 0.15) is 12.1 Å². The second kappa shape index (κ2) is 8.35. The number of carbonyl (C=O) groups excluding carboxylic acids is 1. The van der Waals surface area contributed by atoms with Gasteiger partial charge in [0.15, 0.2) is 5.76 Å². The summed E-state index contributed by atoms with van der Waals surface area (Å²) in [6.45, 7) is 2.67. The molecule has 2 aliphatic rings. The molecule has 0 spiro atoms. The molecule has 1 aliphatic carbocycles. The Morgan fingerprint density at radius 2 is 1.85 bits per heavy atom. The van der Waals surface area contributed by atoms with Gasteiger partial charge in [-0.15, -0.1) is 0 Å². The molecule has 4 aromatic rings. The summed E-state index contributed by atoms with van der Waals surface area (Å²) in [6.07, 6.45) is 7.74. The van der Waals surface area contributed by atoms with Crippen LogP contribution in [0.3, 0.4) is 0 Å². The molecule has 6 nitrogen and oxygen atoms in total. The van der Waals surface area contributed by atoms with Gasteiger partial charge in [0, 0.05) is 31.1 Å². The molecule has 2 fully saturated rings. The summed E-state index contributed by atoms with van der Waals surface area (Å²) in [5, 5.41) is 1.09. The molecule has 1 amide bonds. The van der Waals surface area contributed by atoms with Crippen LogP contribution in [0, 0.1) is 0 Å². The number of hydrogen-bond donors (Lipinski definition) is 0. The molecule has 6 heteroatoms. The maximum atomic E-state index is 13.0. The largest absolute Gasteiger partial charge is 0.459 e. The predicted octanol–water partition coefficient (Wildman–Crippen LogP) is 5.29. The first-order valence-corrected chi connectivity index (χ1v) is 11.7. The van der Waals surface area contributed by atoms with Gasteiger partial charge in [-0.25, -0.2) is 9.97 Å². The molecular weight excluding hydrogens is 412 g/mol. The molecule has 1 saturated heterocycles. The monoisotopic (exact) mass is 438 g/mol. The molecule has 1 saturated carbocycles. The third-order valence-corrected chi connectivity index (χ3v) is 6.61. The van der Waals surface area contributed by atoms with E-state index >= 15 is 0 Å². The lowest BCUT2D eigenvalue weighted by Gasteiger charge is -2.22. The summed E-state index contributed by atoms with van der Waals surface area (Å²) < 4.78 is 5.37. The van der Waals surface area contributed by atoms with E-state index < -0.39 is 0 Å². The zero-order valence-corrected chi connectivity index (χ0v) is 18.5. The maximum Gasteiger partial charge on any atom is 0.290 e. The van der Waals surface area contributed by atoms with Crippen molar-refractivity contribution in [2.24, 2.45) is 0 Å². The molecule has 166 valence electrons. The second-order valence-electron chi connectivity index (χ2n) is 8.97. The Hall–Kier alpha value is -3.67. The number of carbonyl (C=O) groups is 1. The Kier molecular flexibility index (Phi) is 5.06. The van der Waals surface area contributed by atoms with Crippen molar-refractivity contribution in [3.63, 3.8) is 0 Å². The van der Waals surface area contributed by atoms with Gasteiger partial charge >= 0.3 is 0 Å². The molecule has 0 N–H and O–H groups in total. The number of fused-ring (bicyclic) bond motifs is 1. The van der Waals surface area contributed by atoms with Crippen molar-refractivity contribution in [3.8, 4) is 11.1 Å². The van der Waals surface area contributed by atoms with Crippen molar-refractivity contribution >= 4 is 22.6 Å². The summed E-state index contributed by atoms with van der Waals surface area (Å²) in [5.74, 6) is 1.40. The van der Waals surface area contributed by atoms with Crippen LogP contribution in [0.5, 0.6) is 0 Å². The normalized spacial score (nSPS) is 15.8. The minimum atomic E-state index is -0.0361. The highest BCUT2D eigenvalue weighted by Crippen LogP contribution is 2.33. The van der Waals surface area contributed by atoms with Crippen molar-refractivity contribution in [2.75, 3.05) is 18.0 Å². The van der Waals surface area contributed by atoms with Gasteiger partial charge in [-0.2, -0.15) is 0 Å². The topological polar surface area (TPSA) is 62.5 Å². The summed E-state index contributed by atoms with van der Waals surface area (Å²) in [5.41, 5.74) is 4.35. The third-order valence-electron chi connectivity index (χ3n) is 6.61. The molecule has 0 unspecified atom stereocenters. The van der Waals surface area contributed by atoms with Gasteiger partial charge in [0.25, 0.3) is 5.91 Å². The highest BCUT2D eigenvalue weighted by molar-refractivity contribution is 5.93. The summed E-state index contributed by atoms with van der Waals surface area (Å²) in [4.78, 5) is 26.4. The van der Waals surface area contributed by atoms with Crippen molar-refractivity contribution < 1.29 is 9.21 Å². The van der Waals surface area contributed by atoms with Gasteiger partial charge in [0.05, 0.1) is 11.8 Å². The quantitative estimate of drug-likeness (QED) is 0.409. The van der Waals surface area contributed by atoms with E-state index in [1.165, 1.54) is 12.8 Å². The van der Waals surface area contributed by atoms with E-state index in [9.17, 15) is 4.79 Å². The van der Waals surface area contributed by atoms with E-state index in [4.69, 9.17) is 4.42 Å². The molecule has 33 heavy (non-hydrogen) atoms. The smallest absolute Gasteiger partial charge is 0.290 e. The molecular formula is C27H26N4O2. The van der Waals surface area contributed by atoms with Crippen LogP contribution in [0.4, 0.5) is 5.82 Å². The summed E-state index contributed by atoms with van der Waals surface area (Å²) >= 11 is 0. The van der Waals surface area contributed by atoms with Crippen molar-refractivity contribution in [1.82, 2.24) is 14.9 Å². The molecule has 3 heterocycles. The van der Waals surface area contributed by atoms with Crippen LogP contribution in [0.25, 0.3) is 22.0 Å². The van der Waals surface area contributed by atoms with Gasteiger partial charge < -0.3 is 14.2 Å². The van der Waals surface area contributed by atoms with E-state index in [2.05, 4.69) is 57.3 Å². The number of aromatic nitrogens is 2. The SMILES string of the molecule is O=C(c1ccco1)N(Cc1cccc(-c2ccc3ncnc(N4CCCC4)c3c2)c1)C1CC1. The van der Waals surface area contributed by atoms with Crippen LogP contribution in [0.1, 0.15) is 41.8 Å². The predicted molar refractivity (Wildman–Crippen MR) is 128 cm³/mol. The number of amides is 1. The number of rotatable bonds is 6. The summed E-state index contributed by atoms with van der Waals surface area (Å²) in [6, 6.07) is 18.7. The highest BCUT2D eigenvalue weighted by Gasteiger charge is 2.34. The van der Waals surface area contributed by atoms with Gasteiger partial charge in [-0.3, -0.25) is 4.79 Å². The molecule has 0 radical (unpaired) electrons. The fourth-order valence-electron chi connectivity index (χ4n) is 4.74. The Balaban J connectivity index is 1.31. The Bertz CT molecular complexity index is 1290. The van der Waals surface area contributed by atoms with Gasteiger partial charge in [-0.1, -0.05) is 24.3 Å². The maximum absolute atomic E-state index is 13.0. The fraction of sp³-hybridized carbons (Fsp3) is 0.296. The van der Waals surface area contributed by atoms with Crippen LogP contribution < -0.4 is 4.90 Å². The van der Waals surface area contributed by atoms with Crippen LogP contribution in [-0.4, -0.2) is 39.9 Å². The number of benzene rings is 2. The van der Waals surface area contributed by atoms with Crippen molar-refractivity contribution in [1.29, 1.82) is 0 Å². The molecule has 6 rings (SSSR count). The first kappa shape index (κ1) is 20.0.